The van der Waals surface area contributed by atoms with Gasteiger partial charge in [0.05, 0.1) is 0 Å². The van der Waals surface area contributed by atoms with Crippen molar-refractivity contribution in [2.45, 2.75) is 36.6 Å². The highest BCUT2D eigenvalue weighted by Crippen LogP contribution is 2.28. The van der Waals surface area contributed by atoms with Gasteiger partial charge in [-0.05, 0) is 30.7 Å². The van der Waals surface area contributed by atoms with E-state index in [1.54, 1.807) is 23.9 Å². The lowest BCUT2D eigenvalue weighted by Gasteiger charge is -2.06. The SMILES string of the molecule is N[C@H](CCCCCSc1ccccc1O)C(=O)O. The summed E-state index contributed by atoms with van der Waals surface area (Å²) >= 11 is 1.61. The highest BCUT2D eigenvalue weighted by atomic mass is 32.2. The summed E-state index contributed by atoms with van der Waals surface area (Å²) in [6, 6.07) is 6.52. The third-order valence-electron chi connectivity index (χ3n) is 2.60. The number of rotatable bonds is 8. The molecule has 0 aromatic heterocycles. The van der Waals surface area contributed by atoms with E-state index in [-0.39, 0.29) is 0 Å². The molecule has 5 heteroatoms. The third kappa shape index (κ3) is 5.42. The Morgan fingerprint density at radius 3 is 2.67 bits per heavy atom. The zero-order chi connectivity index (χ0) is 13.4. The lowest BCUT2D eigenvalue weighted by molar-refractivity contribution is -0.138. The minimum Gasteiger partial charge on any atom is -0.507 e. The number of hydrogen-bond donors (Lipinski definition) is 3. The van der Waals surface area contributed by atoms with Crippen LogP contribution in [0.4, 0.5) is 0 Å². The van der Waals surface area contributed by atoms with Crippen molar-refractivity contribution in [1.29, 1.82) is 0 Å². The van der Waals surface area contributed by atoms with Gasteiger partial charge in [0.1, 0.15) is 11.8 Å². The van der Waals surface area contributed by atoms with Crippen molar-refractivity contribution in [2.24, 2.45) is 5.73 Å². The molecule has 4 N–H and O–H groups in total. The molecule has 0 spiro atoms. The second kappa shape index (κ2) is 8.00. The van der Waals surface area contributed by atoms with Crippen LogP contribution in [0, 0.1) is 0 Å². The summed E-state index contributed by atoms with van der Waals surface area (Å²) < 4.78 is 0. The number of benzene rings is 1. The van der Waals surface area contributed by atoms with Crippen LogP contribution in [0.1, 0.15) is 25.7 Å². The van der Waals surface area contributed by atoms with Crippen molar-refractivity contribution in [3.8, 4) is 5.75 Å². The van der Waals surface area contributed by atoms with Gasteiger partial charge in [0, 0.05) is 4.90 Å². The molecule has 0 aliphatic rings. The van der Waals surface area contributed by atoms with Gasteiger partial charge in [-0.3, -0.25) is 4.79 Å². The summed E-state index contributed by atoms with van der Waals surface area (Å²) in [6.07, 6.45) is 3.30. The maximum atomic E-state index is 10.5. The lowest BCUT2D eigenvalue weighted by Crippen LogP contribution is -2.29. The van der Waals surface area contributed by atoms with Crippen molar-refractivity contribution in [2.75, 3.05) is 5.75 Å². The first-order chi connectivity index (χ1) is 8.61. The van der Waals surface area contributed by atoms with Crippen LogP contribution in [-0.4, -0.2) is 28.0 Å². The topological polar surface area (TPSA) is 83.5 Å². The average molecular weight is 269 g/mol. The molecule has 18 heavy (non-hydrogen) atoms. The summed E-state index contributed by atoms with van der Waals surface area (Å²) in [7, 11) is 0. The molecule has 0 bridgehead atoms. The van der Waals surface area contributed by atoms with Crippen LogP contribution >= 0.6 is 11.8 Å². The van der Waals surface area contributed by atoms with Crippen molar-refractivity contribution >= 4 is 17.7 Å². The van der Waals surface area contributed by atoms with E-state index in [1.165, 1.54) is 0 Å². The Morgan fingerprint density at radius 2 is 2.00 bits per heavy atom. The number of phenols is 1. The van der Waals surface area contributed by atoms with E-state index in [9.17, 15) is 9.90 Å². The molecule has 0 aliphatic heterocycles. The minimum absolute atomic E-state index is 0.315. The fourth-order valence-corrected chi connectivity index (χ4v) is 2.49. The van der Waals surface area contributed by atoms with Crippen molar-refractivity contribution in [3.63, 3.8) is 0 Å². The molecule has 4 nitrogen and oxygen atoms in total. The standard InChI is InChI=1S/C13H19NO3S/c14-10(13(16)17)6-2-1-5-9-18-12-8-4-3-7-11(12)15/h3-4,7-8,10,15H,1-2,5-6,9,14H2,(H,16,17)/t10-/m1/s1. The van der Waals surface area contributed by atoms with Gasteiger partial charge >= 0.3 is 5.97 Å². The van der Waals surface area contributed by atoms with Crippen LogP contribution in [0.5, 0.6) is 5.75 Å². The molecule has 0 unspecified atom stereocenters. The molecule has 0 fully saturated rings. The minimum atomic E-state index is -0.932. The van der Waals surface area contributed by atoms with E-state index in [1.807, 2.05) is 12.1 Å². The number of aromatic hydroxyl groups is 1. The number of para-hydroxylation sites is 1. The van der Waals surface area contributed by atoms with Gasteiger partial charge < -0.3 is 15.9 Å². The molecule has 100 valence electrons. The molecule has 0 radical (unpaired) electrons. The first-order valence-electron chi connectivity index (χ1n) is 6.00. The first kappa shape index (κ1) is 14.9. The fraction of sp³-hybridized carbons (Fsp3) is 0.462. The maximum Gasteiger partial charge on any atom is 0.320 e. The average Bonchev–Trinajstić information content (AvgIpc) is 2.35. The monoisotopic (exact) mass is 269 g/mol. The smallest absolute Gasteiger partial charge is 0.320 e. The van der Waals surface area contributed by atoms with Crippen molar-refractivity contribution in [1.82, 2.24) is 0 Å². The van der Waals surface area contributed by atoms with E-state index >= 15 is 0 Å². The van der Waals surface area contributed by atoms with Crippen molar-refractivity contribution in [3.05, 3.63) is 24.3 Å². The lowest BCUT2D eigenvalue weighted by atomic mass is 10.1. The maximum absolute atomic E-state index is 10.5. The Labute approximate surface area is 111 Å². The molecule has 0 aliphatic carbocycles. The Morgan fingerprint density at radius 1 is 1.28 bits per heavy atom. The molecule has 0 heterocycles. The summed E-state index contributed by atoms with van der Waals surface area (Å²) in [5, 5.41) is 18.2. The van der Waals surface area contributed by atoms with Crippen LogP contribution in [0.2, 0.25) is 0 Å². The first-order valence-corrected chi connectivity index (χ1v) is 6.99. The van der Waals surface area contributed by atoms with Crippen LogP contribution in [0.15, 0.2) is 29.2 Å². The van der Waals surface area contributed by atoms with Crippen LogP contribution in [0.3, 0.4) is 0 Å². The number of carboxylic acids is 1. The van der Waals surface area contributed by atoms with Gasteiger partial charge in [-0.2, -0.15) is 0 Å². The highest BCUT2D eigenvalue weighted by Gasteiger charge is 2.09. The van der Waals surface area contributed by atoms with E-state index < -0.39 is 12.0 Å². The Bertz CT molecular complexity index is 384. The van der Waals surface area contributed by atoms with Gasteiger partial charge in [0.2, 0.25) is 0 Å². The summed E-state index contributed by atoms with van der Waals surface area (Å²) in [4.78, 5) is 11.4. The normalized spacial score (nSPS) is 12.3. The van der Waals surface area contributed by atoms with Gasteiger partial charge in [0.25, 0.3) is 0 Å². The van der Waals surface area contributed by atoms with Crippen LogP contribution < -0.4 is 5.73 Å². The molecular weight excluding hydrogens is 250 g/mol. The zero-order valence-electron chi connectivity index (χ0n) is 10.2. The molecular formula is C13H19NO3S. The molecule has 1 aromatic rings. The Kier molecular flexibility index (Phi) is 6.60. The Balaban J connectivity index is 2.09. The number of carbonyl (C=O) groups is 1. The van der Waals surface area contributed by atoms with Gasteiger partial charge in [-0.1, -0.05) is 25.0 Å². The molecule has 0 saturated heterocycles. The second-order valence-electron chi connectivity index (χ2n) is 4.11. The molecule has 0 amide bonds. The summed E-state index contributed by atoms with van der Waals surface area (Å²) in [6.45, 7) is 0. The zero-order valence-corrected chi connectivity index (χ0v) is 11.0. The number of hydrogen-bond acceptors (Lipinski definition) is 4. The highest BCUT2D eigenvalue weighted by molar-refractivity contribution is 7.99. The largest absolute Gasteiger partial charge is 0.507 e. The number of unbranched alkanes of at least 4 members (excludes halogenated alkanes) is 2. The summed E-state index contributed by atoms with van der Waals surface area (Å²) in [5.74, 6) is 0.300. The van der Waals surface area contributed by atoms with Gasteiger partial charge in [-0.25, -0.2) is 0 Å². The third-order valence-corrected chi connectivity index (χ3v) is 3.75. The van der Waals surface area contributed by atoms with Gasteiger partial charge in [-0.15, -0.1) is 11.8 Å². The molecule has 1 rings (SSSR count). The van der Waals surface area contributed by atoms with Crippen molar-refractivity contribution < 1.29 is 15.0 Å². The number of phenolic OH excluding ortho intramolecular Hbond substituents is 1. The predicted octanol–water partition coefficient (Wildman–Crippen LogP) is 2.46. The Hall–Kier alpha value is -1.20. The molecule has 0 saturated carbocycles. The van der Waals surface area contributed by atoms with Gasteiger partial charge in [0.15, 0.2) is 0 Å². The van der Waals surface area contributed by atoms with Crippen LogP contribution in [-0.2, 0) is 4.79 Å². The number of nitrogens with two attached hydrogens (primary N) is 1. The second-order valence-corrected chi connectivity index (χ2v) is 5.25. The van der Waals surface area contributed by atoms with E-state index in [0.29, 0.717) is 12.2 Å². The fourth-order valence-electron chi connectivity index (χ4n) is 1.53. The number of aliphatic carboxylic acids is 1. The quantitative estimate of drug-likeness (QED) is 0.499. The molecule has 1 aromatic carbocycles. The summed E-state index contributed by atoms with van der Waals surface area (Å²) in [5.41, 5.74) is 5.40. The number of carboxylic acid groups (broad SMARTS) is 1. The predicted molar refractivity (Wildman–Crippen MR) is 72.9 cm³/mol. The number of thioether (sulfide) groups is 1. The van der Waals surface area contributed by atoms with E-state index in [2.05, 4.69) is 0 Å². The van der Waals surface area contributed by atoms with E-state index in [4.69, 9.17) is 10.8 Å². The van der Waals surface area contributed by atoms with E-state index in [0.717, 1.165) is 29.9 Å². The van der Waals surface area contributed by atoms with Crippen LogP contribution in [0.25, 0.3) is 0 Å². The molecule has 1 atom stereocenters.